The Hall–Kier alpha value is -1.76. The molecule has 5 nitrogen and oxygen atoms in total. The highest BCUT2D eigenvalue weighted by atomic mass is 35.5. The fourth-order valence-corrected chi connectivity index (χ4v) is 3.13. The minimum Gasteiger partial charge on any atom is -0.324 e. The molecule has 1 atom stereocenters. The number of carbonyl (C=O) groups is 1. The van der Waals surface area contributed by atoms with Crippen LogP contribution in [-0.2, 0) is 4.79 Å². The maximum absolute atomic E-state index is 12.3. The van der Waals surface area contributed by atoms with Crippen molar-refractivity contribution >= 4 is 52.2 Å². The van der Waals surface area contributed by atoms with E-state index in [1.165, 1.54) is 11.8 Å². The van der Waals surface area contributed by atoms with Gasteiger partial charge >= 0.3 is 0 Å². The molecule has 0 aliphatic heterocycles. The highest BCUT2D eigenvalue weighted by molar-refractivity contribution is 8.00. The predicted molar refractivity (Wildman–Crippen MR) is 93.4 cm³/mol. The number of carbonyl (C=O) groups excluding carboxylic acids is 1. The van der Waals surface area contributed by atoms with Crippen LogP contribution in [0.4, 0.5) is 5.69 Å². The first-order valence-corrected chi connectivity index (χ1v) is 8.41. The summed E-state index contributed by atoms with van der Waals surface area (Å²) in [5, 5.41) is 11.9. The van der Waals surface area contributed by atoms with Crippen LogP contribution in [0.1, 0.15) is 6.92 Å². The van der Waals surface area contributed by atoms with Crippen molar-refractivity contribution in [1.82, 2.24) is 14.6 Å². The zero-order valence-corrected chi connectivity index (χ0v) is 14.4. The molecule has 8 heteroatoms. The molecule has 3 rings (SSSR count). The lowest BCUT2D eigenvalue weighted by molar-refractivity contribution is -0.115. The van der Waals surface area contributed by atoms with Gasteiger partial charge in [-0.2, -0.15) is 0 Å². The lowest BCUT2D eigenvalue weighted by atomic mass is 10.3. The smallest absolute Gasteiger partial charge is 0.237 e. The number of amides is 1. The van der Waals surface area contributed by atoms with Crippen LogP contribution in [0.15, 0.2) is 47.8 Å². The van der Waals surface area contributed by atoms with Gasteiger partial charge in [0, 0.05) is 6.20 Å². The predicted octanol–water partition coefficient (Wildman–Crippen LogP) is 4.16. The first-order valence-electron chi connectivity index (χ1n) is 6.77. The van der Waals surface area contributed by atoms with E-state index >= 15 is 0 Å². The van der Waals surface area contributed by atoms with E-state index in [-0.39, 0.29) is 11.2 Å². The summed E-state index contributed by atoms with van der Waals surface area (Å²) in [5.41, 5.74) is 1.23. The van der Waals surface area contributed by atoms with Crippen LogP contribution in [0.2, 0.25) is 10.0 Å². The molecule has 1 N–H and O–H groups in total. The van der Waals surface area contributed by atoms with Crippen LogP contribution in [-0.4, -0.2) is 25.8 Å². The first kappa shape index (κ1) is 16.1. The highest BCUT2D eigenvalue weighted by Gasteiger charge is 2.19. The Morgan fingerprint density at radius 1 is 1.22 bits per heavy atom. The van der Waals surface area contributed by atoms with Crippen molar-refractivity contribution in [1.29, 1.82) is 0 Å². The van der Waals surface area contributed by atoms with Gasteiger partial charge < -0.3 is 5.32 Å². The van der Waals surface area contributed by atoms with Crippen molar-refractivity contribution in [2.45, 2.75) is 17.3 Å². The van der Waals surface area contributed by atoms with Gasteiger partial charge in [-0.3, -0.25) is 9.20 Å². The van der Waals surface area contributed by atoms with Crippen molar-refractivity contribution in [3.8, 4) is 0 Å². The SMILES string of the molecule is C[C@H](Sc1nnc2ccccn12)C(=O)Nc1cccc(Cl)c1Cl. The Morgan fingerprint density at radius 2 is 2.04 bits per heavy atom. The monoisotopic (exact) mass is 366 g/mol. The number of nitrogens with one attached hydrogen (secondary N) is 1. The minimum absolute atomic E-state index is 0.188. The van der Waals surface area contributed by atoms with Crippen molar-refractivity contribution in [3.63, 3.8) is 0 Å². The number of hydrogen-bond acceptors (Lipinski definition) is 4. The molecule has 0 bridgehead atoms. The first-order chi connectivity index (χ1) is 11.1. The average Bonchev–Trinajstić information content (AvgIpc) is 2.95. The molecule has 118 valence electrons. The van der Waals surface area contributed by atoms with Gasteiger partial charge in [0.1, 0.15) is 0 Å². The maximum atomic E-state index is 12.3. The summed E-state index contributed by atoms with van der Waals surface area (Å²) in [6, 6.07) is 10.7. The number of aromatic nitrogens is 3. The van der Waals surface area contributed by atoms with Gasteiger partial charge in [0.2, 0.25) is 5.91 Å². The largest absolute Gasteiger partial charge is 0.324 e. The molecule has 1 aromatic carbocycles. The number of benzene rings is 1. The number of fused-ring (bicyclic) bond motifs is 1. The third-order valence-corrected chi connectivity index (χ3v) is 5.02. The molecule has 1 amide bonds. The van der Waals surface area contributed by atoms with Gasteiger partial charge in [-0.15, -0.1) is 10.2 Å². The Bertz CT molecular complexity index is 868. The Balaban J connectivity index is 1.74. The summed E-state index contributed by atoms with van der Waals surface area (Å²) in [5.74, 6) is -0.188. The van der Waals surface area contributed by atoms with Gasteiger partial charge in [-0.25, -0.2) is 0 Å². The molecule has 2 aromatic heterocycles. The van der Waals surface area contributed by atoms with E-state index in [1.807, 2.05) is 28.8 Å². The summed E-state index contributed by atoms with van der Waals surface area (Å²) >= 11 is 13.3. The van der Waals surface area contributed by atoms with E-state index in [0.29, 0.717) is 20.9 Å². The maximum Gasteiger partial charge on any atom is 0.237 e. The zero-order valence-electron chi connectivity index (χ0n) is 12.0. The lowest BCUT2D eigenvalue weighted by Crippen LogP contribution is -2.22. The van der Waals surface area contributed by atoms with Gasteiger partial charge in [0.05, 0.1) is 21.0 Å². The third kappa shape index (κ3) is 3.44. The van der Waals surface area contributed by atoms with Crippen LogP contribution >= 0.6 is 35.0 Å². The normalized spacial score (nSPS) is 12.3. The minimum atomic E-state index is -0.377. The van der Waals surface area contributed by atoms with Gasteiger partial charge in [0.25, 0.3) is 0 Å². The van der Waals surface area contributed by atoms with E-state index in [2.05, 4.69) is 15.5 Å². The third-order valence-electron chi connectivity index (χ3n) is 3.14. The van der Waals surface area contributed by atoms with Crippen molar-refractivity contribution < 1.29 is 4.79 Å². The van der Waals surface area contributed by atoms with Crippen LogP contribution in [0.5, 0.6) is 0 Å². The van der Waals surface area contributed by atoms with E-state index < -0.39 is 0 Å². The summed E-state index contributed by atoms with van der Waals surface area (Å²) < 4.78 is 1.83. The molecule has 0 saturated heterocycles. The molecule has 3 aromatic rings. The van der Waals surface area contributed by atoms with Crippen molar-refractivity contribution in [2.75, 3.05) is 5.32 Å². The van der Waals surface area contributed by atoms with Gasteiger partial charge in [0.15, 0.2) is 10.8 Å². The highest BCUT2D eigenvalue weighted by Crippen LogP contribution is 2.30. The fraction of sp³-hybridized carbons (Fsp3) is 0.133. The summed E-state index contributed by atoms with van der Waals surface area (Å²) in [7, 11) is 0. The van der Waals surface area contributed by atoms with E-state index in [4.69, 9.17) is 23.2 Å². The molecule has 23 heavy (non-hydrogen) atoms. The van der Waals surface area contributed by atoms with Gasteiger partial charge in [-0.05, 0) is 31.2 Å². The van der Waals surface area contributed by atoms with Crippen LogP contribution in [0.3, 0.4) is 0 Å². The second-order valence-electron chi connectivity index (χ2n) is 4.76. The average molecular weight is 367 g/mol. The molecule has 0 aliphatic carbocycles. The molecule has 0 aliphatic rings. The van der Waals surface area contributed by atoms with E-state index in [1.54, 1.807) is 25.1 Å². The second-order valence-corrected chi connectivity index (χ2v) is 6.86. The zero-order chi connectivity index (χ0) is 16.4. The number of pyridine rings is 1. The molecule has 2 heterocycles. The fourth-order valence-electron chi connectivity index (χ4n) is 1.95. The topological polar surface area (TPSA) is 59.3 Å². The van der Waals surface area contributed by atoms with E-state index in [9.17, 15) is 4.79 Å². The Kier molecular flexibility index (Phi) is 4.75. The number of anilines is 1. The molecule has 0 spiro atoms. The quantitative estimate of drug-likeness (QED) is 0.704. The number of halogens is 2. The number of hydrogen-bond donors (Lipinski definition) is 1. The Morgan fingerprint density at radius 3 is 2.87 bits per heavy atom. The van der Waals surface area contributed by atoms with Crippen molar-refractivity contribution in [2.24, 2.45) is 0 Å². The van der Waals surface area contributed by atoms with Gasteiger partial charge in [-0.1, -0.05) is 47.1 Å². The Labute approximate surface area is 147 Å². The van der Waals surface area contributed by atoms with Crippen molar-refractivity contribution in [3.05, 3.63) is 52.6 Å². The summed E-state index contributed by atoms with van der Waals surface area (Å²) in [6.07, 6.45) is 1.86. The van der Waals surface area contributed by atoms with Crippen LogP contribution in [0, 0.1) is 0 Å². The van der Waals surface area contributed by atoms with Crippen LogP contribution in [0.25, 0.3) is 5.65 Å². The number of rotatable bonds is 4. The molecule has 0 saturated carbocycles. The van der Waals surface area contributed by atoms with E-state index in [0.717, 1.165) is 5.65 Å². The summed E-state index contributed by atoms with van der Waals surface area (Å²) in [4.78, 5) is 12.3. The molecule has 0 radical (unpaired) electrons. The molecule has 0 fully saturated rings. The summed E-state index contributed by atoms with van der Waals surface area (Å²) in [6.45, 7) is 1.79. The molecular formula is C15H12Cl2N4OS. The standard InChI is InChI=1S/C15H12Cl2N4OS/c1-9(14(22)18-11-6-4-5-10(16)13(11)17)23-15-20-19-12-7-2-3-8-21(12)15/h2-9H,1H3,(H,18,22)/t9-/m0/s1. The lowest BCUT2D eigenvalue weighted by Gasteiger charge is -2.12. The molecule has 0 unspecified atom stereocenters. The molecular weight excluding hydrogens is 355 g/mol. The second kappa shape index (κ2) is 6.78. The van der Waals surface area contributed by atoms with Crippen LogP contribution < -0.4 is 5.32 Å². The number of thioether (sulfide) groups is 1. The number of nitrogens with zero attached hydrogens (tertiary/aromatic N) is 3.